The molecule has 0 radical (unpaired) electrons. The van der Waals surface area contributed by atoms with E-state index in [2.05, 4.69) is 34.1 Å². The number of anilines is 1. The van der Waals surface area contributed by atoms with E-state index in [0.29, 0.717) is 11.7 Å². The van der Waals surface area contributed by atoms with Crippen molar-refractivity contribution >= 4 is 17.0 Å². The van der Waals surface area contributed by atoms with Gasteiger partial charge in [-0.2, -0.15) is 0 Å². The molecule has 1 saturated heterocycles. The first-order chi connectivity index (χ1) is 9.12. The minimum atomic E-state index is -0.0629. The van der Waals surface area contributed by atoms with Crippen LogP contribution in [0.15, 0.2) is 24.5 Å². The molecule has 1 fully saturated rings. The minimum Gasteiger partial charge on any atom is -0.375 e. The van der Waals surface area contributed by atoms with Crippen LogP contribution in [0, 0.1) is 0 Å². The molecule has 19 heavy (non-hydrogen) atoms. The lowest BCUT2D eigenvalue weighted by atomic mass is 9.94. The van der Waals surface area contributed by atoms with E-state index >= 15 is 0 Å². The molecule has 1 N–H and O–H groups in total. The molecule has 5 nitrogen and oxygen atoms in total. The third-order valence-electron chi connectivity index (χ3n) is 3.38. The second-order valence-corrected chi connectivity index (χ2v) is 5.54. The van der Waals surface area contributed by atoms with Gasteiger partial charge in [0, 0.05) is 25.0 Å². The van der Waals surface area contributed by atoms with Crippen LogP contribution in [-0.2, 0) is 4.74 Å². The van der Waals surface area contributed by atoms with Gasteiger partial charge in [0.15, 0.2) is 5.65 Å². The zero-order valence-corrected chi connectivity index (χ0v) is 11.3. The fraction of sp³-hybridized carbons (Fsp3) is 0.500. The molecule has 0 aliphatic carbocycles. The molecule has 2 aromatic rings. The molecule has 3 rings (SSSR count). The maximum absolute atomic E-state index is 5.72. The van der Waals surface area contributed by atoms with E-state index in [0.717, 1.165) is 30.8 Å². The molecule has 1 aliphatic heterocycles. The average Bonchev–Trinajstić information content (AvgIpc) is 2.37. The van der Waals surface area contributed by atoms with Crippen molar-refractivity contribution in [3.05, 3.63) is 24.5 Å². The van der Waals surface area contributed by atoms with Crippen LogP contribution < -0.4 is 5.32 Å². The fourth-order valence-corrected chi connectivity index (χ4v) is 2.50. The van der Waals surface area contributed by atoms with Crippen LogP contribution in [-0.4, -0.2) is 33.2 Å². The maximum Gasteiger partial charge on any atom is 0.180 e. The van der Waals surface area contributed by atoms with Crippen molar-refractivity contribution in [2.24, 2.45) is 0 Å². The number of rotatable bonds is 2. The third kappa shape index (κ3) is 2.81. The quantitative estimate of drug-likeness (QED) is 0.896. The monoisotopic (exact) mass is 258 g/mol. The largest absolute Gasteiger partial charge is 0.375 e. The second-order valence-electron chi connectivity index (χ2n) is 5.54. The normalized spacial score (nSPS) is 22.3. The Balaban J connectivity index is 1.77. The van der Waals surface area contributed by atoms with E-state index in [4.69, 9.17) is 4.74 Å². The van der Waals surface area contributed by atoms with E-state index < -0.39 is 0 Å². The average molecular weight is 258 g/mol. The van der Waals surface area contributed by atoms with E-state index in [9.17, 15) is 0 Å². The van der Waals surface area contributed by atoms with Gasteiger partial charge in [-0.15, -0.1) is 0 Å². The van der Waals surface area contributed by atoms with Crippen LogP contribution in [0.3, 0.4) is 0 Å². The second kappa shape index (κ2) is 4.74. The van der Waals surface area contributed by atoms with Crippen LogP contribution in [0.2, 0.25) is 0 Å². The van der Waals surface area contributed by atoms with Crippen molar-refractivity contribution < 1.29 is 4.74 Å². The number of nitrogens with one attached hydrogen (secondary N) is 1. The van der Waals surface area contributed by atoms with Gasteiger partial charge < -0.3 is 10.1 Å². The van der Waals surface area contributed by atoms with Crippen LogP contribution in [0.5, 0.6) is 0 Å². The van der Waals surface area contributed by atoms with Gasteiger partial charge in [-0.25, -0.2) is 9.97 Å². The minimum absolute atomic E-state index is 0.0629. The predicted molar refractivity (Wildman–Crippen MR) is 74.0 cm³/mol. The van der Waals surface area contributed by atoms with E-state index in [1.54, 1.807) is 12.4 Å². The van der Waals surface area contributed by atoms with Gasteiger partial charge in [-0.3, -0.25) is 4.98 Å². The predicted octanol–water partition coefficient (Wildman–Crippen LogP) is 2.39. The molecule has 0 bridgehead atoms. The lowest BCUT2D eigenvalue weighted by Crippen LogP contribution is -2.40. The van der Waals surface area contributed by atoms with Crippen LogP contribution >= 0.6 is 0 Å². The lowest BCUT2D eigenvalue weighted by Gasteiger charge is -2.36. The SMILES string of the molecule is CC1(C)CC(Nc2ccc3nccnc3n2)CCO1. The Morgan fingerprint density at radius 2 is 2.11 bits per heavy atom. The van der Waals surface area contributed by atoms with Gasteiger partial charge in [-0.05, 0) is 38.8 Å². The van der Waals surface area contributed by atoms with Gasteiger partial charge in [0.2, 0.25) is 0 Å². The van der Waals surface area contributed by atoms with Gasteiger partial charge in [0.05, 0.1) is 5.60 Å². The van der Waals surface area contributed by atoms with E-state index in [1.165, 1.54) is 0 Å². The van der Waals surface area contributed by atoms with Crippen molar-refractivity contribution in [1.82, 2.24) is 15.0 Å². The molecule has 1 atom stereocenters. The number of ether oxygens (including phenoxy) is 1. The van der Waals surface area contributed by atoms with Crippen molar-refractivity contribution in [2.45, 2.75) is 38.3 Å². The van der Waals surface area contributed by atoms with Crippen molar-refractivity contribution in [3.63, 3.8) is 0 Å². The topological polar surface area (TPSA) is 59.9 Å². The Bertz CT molecular complexity index is 584. The number of pyridine rings is 1. The summed E-state index contributed by atoms with van der Waals surface area (Å²) in [5.41, 5.74) is 1.44. The molecule has 1 unspecified atom stereocenters. The van der Waals surface area contributed by atoms with Crippen molar-refractivity contribution in [1.29, 1.82) is 0 Å². The van der Waals surface area contributed by atoms with Gasteiger partial charge in [0.1, 0.15) is 11.3 Å². The Labute approximate surface area is 112 Å². The van der Waals surface area contributed by atoms with E-state index in [-0.39, 0.29) is 5.60 Å². The highest BCUT2D eigenvalue weighted by atomic mass is 16.5. The summed E-state index contributed by atoms with van der Waals surface area (Å²) in [6.07, 6.45) is 5.32. The molecular formula is C14H18N4O. The Hall–Kier alpha value is -1.75. The number of hydrogen-bond acceptors (Lipinski definition) is 5. The highest BCUT2D eigenvalue weighted by molar-refractivity contribution is 5.71. The summed E-state index contributed by atoms with van der Waals surface area (Å²) in [5, 5.41) is 3.47. The summed E-state index contributed by atoms with van der Waals surface area (Å²) >= 11 is 0. The third-order valence-corrected chi connectivity index (χ3v) is 3.38. The standard InChI is InChI=1S/C14H18N4O/c1-14(2)9-10(5-8-19-14)17-12-4-3-11-13(18-12)16-7-6-15-11/h3-4,6-7,10H,5,8-9H2,1-2H3,(H,16,17,18). The molecule has 100 valence electrons. The number of nitrogens with zero attached hydrogens (tertiary/aromatic N) is 3. The summed E-state index contributed by atoms with van der Waals surface area (Å²) < 4.78 is 5.72. The highest BCUT2D eigenvalue weighted by Gasteiger charge is 2.28. The first kappa shape index (κ1) is 12.3. The molecule has 1 aliphatic rings. The summed E-state index contributed by atoms with van der Waals surface area (Å²) in [7, 11) is 0. The Kier molecular flexibility index (Phi) is 3.06. The van der Waals surface area contributed by atoms with Gasteiger partial charge in [-0.1, -0.05) is 0 Å². The maximum atomic E-state index is 5.72. The molecule has 0 amide bonds. The molecular weight excluding hydrogens is 240 g/mol. The van der Waals surface area contributed by atoms with E-state index in [1.807, 2.05) is 12.1 Å². The lowest BCUT2D eigenvalue weighted by molar-refractivity contribution is -0.0553. The highest BCUT2D eigenvalue weighted by Crippen LogP contribution is 2.26. The number of fused-ring (bicyclic) bond motifs is 1. The van der Waals surface area contributed by atoms with Gasteiger partial charge >= 0.3 is 0 Å². The van der Waals surface area contributed by atoms with Gasteiger partial charge in [0.25, 0.3) is 0 Å². The first-order valence-corrected chi connectivity index (χ1v) is 6.61. The summed E-state index contributed by atoms with van der Waals surface area (Å²) in [6.45, 7) is 5.04. The zero-order valence-electron chi connectivity index (χ0n) is 11.3. The van der Waals surface area contributed by atoms with Crippen LogP contribution in [0.1, 0.15) is 26.7 Å². The smallest absolute Gasteiger partial charge is 0.180 e. The zero-order chi connectivity index (χ0) is 13.3. The molecule has 0 saturated carbocycles. The number of aromatic nitrogens is 3. The number of hydrogen-bond donors (Lipinski definition) is 1. The summed E-state index contributed by atoms with van der Waals surface area (Å²) in [4.78, 5) is 12.9. The van der Waals surface area contributed by atoms with Crippen LogP contribution in [0.4, 0.5) is 5.82 Å². The van der Waals surface area contributed by atoms with Crippen molar-refractivity contribution in [3.8, 4) is 0 Å². The summed E-state index contributed by atoms with van der Waals surface area (Å²) in [6, 6.07) is 4.30. The molecule has 5 heteroatoms. The van der Waals surface area contributed by atoms with Crippen molar-refractivity contribution in [2.75, 3.05) is 11.9 Å². The Morgan fingerprint density at radius 1 is 1.26 bits per heavy atom. The molecule has 3 heterocycles. The Morgan fingerprint density at radius 3 is 2.95 bits per heavy atom. The molecule has 0 aromatic carbocycles. The fourth-order valence-electron chi connectivity index (χ4n) is 2.50. The molecule has 2 aromatic heterocycles. The molecule has 0 spiro atoms. The summed E-state index contributed by atoms with van der Waals surface area (Å²) in [5.74, 6) is 0.857. The first-order valence-electron chi connectivity index (χ1n) is 6.61. The van der Waals surface area contributed by atoms with Crippen LogP contribution in [0.25, 0.3) is 11.2 Å².